The third-order valence-electron chi connectivity index (χ3n) is 3.83. The van der Waals surface area contributed by atoms with Crippen LogP contribution < -0.4 is 0 Å². The van der Waals surface area contributed by atoms with Gasteiger partial charge < -0.3 is 15.1 Å². The molecule has 6 nitrogen and oxygen atoms in total. The number of amides is 2. The first-order valence-electron chi connectivity index (χ1n) is 6.60. The Balaban J connectivity index is 2.12. The molecule has 1 aliphatic heterocycles. The Bertz CT molecular complexity index is 362. The molecule has 1 aliphatic carbocycles. The fraction of sp³-hybridized carbons (Fsp3) is 0.833. The zero-order chi connectivity index (χ0) is 14.0. The number of carboxylic acid groups (broad SMARTS) is 1. The first-order valence-corrected chi connectivity index (χ1v) is 7.65. The van der Waals surface area contributed by atoms with Gasteiger partial charge in [-0.25, -0.2) is 9.59 Å². The number of hydrogen-bond acceptors (Lipinski definition) is 4. The lowest BCUT2D eigenvalue weighted by Crippen LogP contribution is -2.55. The number of aliphatic hydroxyl groups is 1. The van der Waals surface area contributed by atoms with E-state index < -0.39 is 12.0 Å². The highest BCUT2D eigenvalue weighted by molar-refractivity contribution is 8.00. The van der Waals surface area contributed by atoms with Crippen LogP contribution in [0.15, 0.2) is 0 Å². The van der Waals surface area contributed by atoms with Crippen molar-refractivity contribution < 1.29 is 19.8 Å². The molecule has 19 heavy (non-hydrogen) atoms. The summed E-state index contributed by atoms with van der Waals surface area (Å²) in [6.07, 6.45) is 2.98. The average Bonchev–Trinajstić information content (AvgIpc) is 2.67. The van der Waals surface area contributed by atoms with Crippen LogP contribution in [0.3, 0.4) is 0 Å². The molecule has 2 aliphatic rings. The van der Waals surface area contributed by atoms with Gasteiger partial charge in [-0.1, -0.05) is 0 Å². The molecular weight excluding hydrogens is 268 g/mol. The monoisotopic (exact) mass is 288 g/mol. The van der Waals surface area contributed by atoms with Crippen LogP contribution in [-0.2, 0) is 4.79 Å². The minimum atomic E-state index is -0.956. The second kappa shape index (κ2) is 6.00. The van der Waals surface area contributed by atoms with E-state index in [9.17, 15) is 14.7 Å². The van der Waals surface area contributed by atoms with E-state index in [1.807, 2.05) is 6.92 Å². The minimum absolute atomic E-state index is 0.0880. The summed E-state index contributed by atoms with van der Waals surface area (Å²) >= 11 is 1.48. The van der Waals surface area contributed by atoms with Gasteiger partial charge in [0.25, 0.3) is 0 Å². The normalized spacial score (nSPS) is 27.2. The van der Waals surface area contributed by atoms with Gasteiger partial charge in [0, 0.05) is 18.3 Å². The number of nitrogens with zero attached hydrogens (tertiary/aromatic N) is 2. The summed E-state index contributed by atoms with van der Waals surface area (Å²) < 4.78 is 0. The highest BCUT2D eigenvalue weighted by Crippen LogP contribution is 2.32. The van der Waals surface area contributed by atoms with E-state index in [-0.39, 0.29) is 30.6 Å². The number of thioether (sulfide) groups is 1. The van der Waals surface area contributed by atoms with Crippen molar-refractivity contribution in [1.82, 2.24) is 9.80 Å². The molecule has 0 spiro atoms. The van der Waals surface area contributed by atoms with Crippen molar-refractivity contribution in [3.63, 3.8) is 0 Å². The standard InChI is InChI=1S/C12H20N2O4S/c1-8-14(10(7-19-8)11(16)17)12(18)13(5-6-15)9-3-2-4-9/h8-10,15H,2-7H2,1H3,(H,16,17). The van der Waals surface area contributed by atoms with Gasteiger partial charge in [-0.05, 0) is 26.2 Å². The Hall–Kier alpha value is -0.950. The lowest BCUT2D eigenvalue weighted by molar-refractivity contribution is -0.141. The molecule has 0 aromatic rings. The molecule has 7 heteroatoms. The molecule has 1 heterocycles. The summed E-state index contributed by atoms with van der Waals surface area (Å²) in [5.74, 6) is -0.525. The summed E-state index contributed by atoms with van der Waals surface area (Å²) in [7, 11) is 0. The van der Waals surface area contributed by atoms with Crippen molar-refractivity contribution in [2.45, 2.75) is 43.6 Å². The third-order valence-corrected chi connectivity index (χ3v) is 5.05. The van der Waals surface area contributed by atoms with Gasteiger partial charge >= 0.3 is 12.0 Å². The molecule has 2 unspecified atom stereocenters. The van der Waals surface area contributed by atoms with Crippen molar-refractivity contribution in [1.29, 1.82) is 0 Å². The van der Waals surface area contributed by atoms with E-state index >= 15 is 0 Å². The first kappa shape index (κ1) is 14.5. The van der Waals surface area contributed by atoms with Crippen molar-refractivity contribution in [3.8, 4) is 0 Å². The number of carboxylic acids is 1. The fourth-order valence-electron chi connectivity index (χ4n) is 2.51. The largest absolute Gasteiger partial charge is 0.480 e. The second-order valence-corrected chi connectivity index (χ2v) is 6.33. The van der Waals surface area contributed by atoms with E-state index in [4.69, 9.17) is 5.11 Å². The number of aliphatic carboxylic acids is 1. The maximum atomic E-state index is 12.6. The number of urea groups is 1. The SMILES string of the molecule is CC1SCC(C(=O)O)N1C(=O)N(CCO)C1CCC1. The maximum Gasteiger partial charge on any atom is 0.327 e. The number of aliphatic hydroxyl groups excluding tert-OH is 1. The Morgan fingerprint density at radius 1 is 1.42 bits per heavy atom. The van der Waals surface area contributed by atoms with E-state index in [1.54, 1.807) is 4.90 Å². The molecule has 0 aromatic carbocycles. The van der Waals surface area contributed by atoms with E-state index in [0.29, 0.717) is 5.75 Å². The predicted octanol–water partition coefficient (Wildman–Crippen LogP) is 0.801. The second-order valence-electron chi connectivity index (χ2n) is 4.98. The third kappa shape index (κ3) is 2.81. The minimum Gasteiger partial charge on any atom is -0.480 e. The van der Waals surface area contributed by atoms with Crippen LogP contribution in [0, 0.1) is 0 Å². The van der Waals surface area contributed by atoms with E-state index in [1.165, 1.54) is 16.7 Å². The van der Waals surface area contributed by atoms with Crippen LogP contribution in [0.4, 0.5) is 4.79 Å². The van der Waals surface area contributed by atoms with E-state index in [2.05, 4.69) is 0 Å². The van der Waals surface area contributed by atoms with Gasteiger partial charge in [0.05, 0.1) is 12.0 Å². The van der Waals surface area contributed by atoms with Crippen LogP contribution in [0.1, 0.15) is 26.2 Å². The maximum absolute atomic E-state index is 12.6. The number of hydrogen-bond donors (Lipinski definition) is 2. The molecule has 0 bridgehead atoms. The van der Waals surface area contributed by atoms with Crippen LogP contribution in [0.25, 0.3) is 0 Å². The van der Waals surface area contributed by atoms with Gasteiger partial charge in [-0.3, -0.25) is 4.90 Å². The highest BCUT2D eigenvalue weighted by Gasteiger charge is 2.43. The first-order chi connectivity index (χ1) is 9.06. The van der Waals surface area contributed by atoms with Crippen molar-refractivity contribution in [2.75, 3.05) is 18.9 Å². The quantitative estimate of drug-likeness (QED) is 0.800. The van der Waals surface area contributed by atoms with Crippen LogP contribution in [0.5, 0.6) is 0 Å². The lowest BCUT2D eigenvalue weighted by Gasteiger charge is -2.40. The topological polar surface area (TPSA) is 81.1 Å². The molecule has 1 saturated carbocycles. The van der Waals surface area contributed by atoms with Gasteiger partial charge in [0.2, 0.25) is 0 Å². The van der Waals surface area contributed by atoms with Crippen LogP contribution >= 0.6 is 11.8 Å². The zero-order valence-electron chi connectivity index (χ0n) is 11.0. The van der Waals surface area contributed by atoms with Crippen LogP contribution in [0.2, 0.25) is 0 Å². The summed E-state index contributed by atoms with van der Waals surface area (Å²) in [6.45, 7) is 2.04. The molecule has 2 rings (SSSR count). The molecular formula is C12H20N2O4S. The summed E-state index contributed by atoms with van der Waals surface area (Å²) in [4.78, 5) is 26.9. The van der Waals surface area contributed by atoms with Gasteiger partial charge in [0.15, 0.2) is 0 Å². The number of carbonyl (C=O) groups excluding carboxylic acids is 1. The predicted molar refractivity (Wildman–Crippen MR) is 72.0 cm³/mol. The van der Waals surface area contributed by atoms with Gasteiger partial charge in [-0.2, -0.15) is 0 Å². The molecule has 0 aromatic heterocycles. The smallest absolute Gasteiger partial charge is 0.327 e. The highest BCUT2D eigenvalue weighted by atomic mass is 32.2. The average molecular weight is 288 g/mol. The Kier molecular flexibility index (Phi) is 4.57. The van der Waals surface area contributed by atoms with Crippen molar-refractivity contribution in [2.24, 2.45) is 0 Å². The summed E-state index contributed by atoms with van der Waals surface area (Å²) in [5, 5.41) is 18.2. The molecule has 2 atom stereocenters. The fourth-order valence-corrected chi connectivity index (χ4v) is 3.67. The molecule has 108 valence electrons. The molecule has 2 N–H and O–H groups in total. The Morgan fingerprint density at radius 3 is 2.58 bits per heavy atom. The molecule has 1 saturated heterocycles. The van der Waals surface area contributed by atoms with Crippen LogP contribution in [-0.4, -0.2) is 68.4 Å². The number of carbonyl (C=O) groups is 2. The Labute approximate surface area is 116 Å². The Morgan fingerprint density at radius 2 is 2.11 bits per heavy atom. The van der Waals surface area contributed by atoms with Crippen molar-refractivity contribution in [3.05, 3.63) is 0 Å². The van der Waals surface area contributed by atoms with Gasteiger partial charge in [0.1, 0.15) is 6.04 Å². The molecule has 2 fully saturated rings. The number of rotatable bonds is 4. The lowest BCUT2D eigenvalue weighted by atomic mass is 9.91. The summed E-state index contributed by atoms with van der Waals surface area (Å²) in [5.41, 5.74) is 0. The van der Waals surface area contributed by atoms with E-state index in [0.717, 1.165) is 19.3 Å². The zero-order valence-corrected chi connectivity index (χ0v) is 11.8. The molecule has 0 radical (unpaired) electrons. The van der Waals surface area contributed by atoms with Gasteiger partial charge in [-0.15, -0.1) is 11.8 Å². The summed E-state index contributed by atoms with van der Waals surface area (Å²) in [6, 6.07) is -0.843. The van der Waals surface area contributed by atoms with Crippen molar-refractivity contribution >= 4 is 23.8 Å². The molecule has 2 amide bonds.